The zero-order valence-corrected chi connectivity index (χ0v) is 7.70. The van der Waals surface area contributed by atoms with Crippen molar-refractivity contribution in [3.05, 3.63) is 29.1 Å². The molecule has 0 N–H and O–H groups in total. The fourth-order valence-electron chi connectivity index (χ4n) is 1.02. The minimum absolute atomic E-state index is 0.306. The molecule has 0 spiro atoms. The Morgan fingerprint density at radius 1 is 1.50 bits per heavy atom. The van der Waals surface area contributed by atoms with Crippen LogP contribution in [0.1, 0.15) is 11.1 Å². The van der Waals surface area contributed by atoms with E-state index in [9.17, 15) is 4.39 Å². The van der Waals surface area contributed by atoms with Gasteiger partial charge in [-0.3, -0.25) is 0 Å². The van der Waals surface area contributed by atoms with Crippen LogP contribution in [0, 0.1) is 24.1 Å². The molecule has 0 saturated heterocycles. The van der Waals surface area contributed by atoms with E-state index in [1.807, 2.05) is 6.07 Å². The number of hydrogen-bond acceptors (Lipinski definition) is 2. The molecule has 1 nitrogen and oxygen atoms in total. The highest BCUT2D eigenvalue weighted by Gasteiger charge is 2.07. The van der Waals surface area contributed by atoms with Crippen LogP contribution in [-0.4, -0.2) is 6.26 Å². The fraction of sp³-hybridized carbons (Fsp3) is 0.222. The van der Waals surface area contributed by atoms with Crippen molar-refractivity contribution in [2.45, 2.75) is 11.8 Å². The van der Waals surface area contributed by atoms with E-state index in [-0.39, 0.29) is 5.82 Å². The number of hydrogen-bond donors (Lipinski definition) is 0. The summed E-state index contributed by atoms with van der Waals surface area (Å²) in [5, 5.41) is 8.67. The zero-order chi connectivity index (χ0) is 9.14. The molecule has 0 radical (unpaired) electrons. The Morgan fingerprint density at radius 3 is 2.67 bits per heavy atom. The first kappa shape index (κ1) is 9.08. The maximum atomic E-state index is 13.1. The van der Waals surface area contributed by atoms with Gasteiger partial charge in [-0.1, -0.05) is 0 Å². The Balaban J connectivity index is 3.36. The summed E-state index contributed by atoms with van der Waals surface area (Å²) in [6.45, 7) is 1.77. The quantitative estimate of drug-likeness (QED) is 0.622. The molecule has 12 heavy (non-hydrogen) atoms. The normalized spacial score (nSPS) is 9.50. The Kier molecular flexibility index (Phi) is 2.72. The van der Waals surface area contributed by atoms with E-state index in [2.05, 4.69) is 0 Å². The molecule has 3 heteroatoms. The molecule has 1 rings (SSSR count). The third-order valence-corrected chi connectivity index (χ3v) is 2.34. The second kappa shape index (κ2) is 3.59. The maximum Gasteiger partial charge on any atom is 0.138 e. The van der Waals surface area contributed by atoms with E-state index in [1.165, 1.54) is 17.8 Å². The number of nitriles is 1. The average molecular weight is 181 g/mol. The summed E-state index contributed by atoms with van der Waals surface area (Å²) in [7, 11) is 0. The number of halogens is 1. The summed E-state index contributed by atoms with van der Waals surface area (Å²) in [5.41, 5.74) is 1.20. The van der Waals surface area contributed by atoms with Gasteiger partial charge in [-0.25, -0.2) is 4.39 Å². The predicted molar refractivity (Wildman–Crippen MR) is 47.6 cm³/mol. The van der Waals surface area contributed by atoms with Crippen LogP contribution in [0.4, 0.5) is 4.39 Å². The largest absolute Gasteiger partial charge is 0.206 e. The molecule has 0 aromatic heterocycles. The number of aryl methyl sites for hydroxylation is 1. The van der Waals surface area contributed by atoms with E-state index in [0.29, 0.717) is 10.5 Å². The van der Waals surface area contributed by atoms with Gasteiger partial charge in [0.1, 0.15) is 11.9 Å². The molecule has 0 aliphatic rings. The maximum absolute atomic E-state index is 13.1. The Hall–Kier alpha value is -1.01. The fourth-order valence-corrected chi connectivity index (χ4v) is 1.60. The van der Waals surface area contributed by atoms with Crippen molar-refractivity contribution in [2.24, 2.45) is 0 Å². The zero-order valence-electron chi connectivity index (χ0n) is 6.89. The monoisotopic (exact) mass is 181 g/mol. The topological polar surface area (TPSA) is 23.8 Å². The van der Waals surface area contributed by atoms with Crippen LogP contribution >= 0.6 is 11.8 Å². The summed E-state index contributed by atoms with van der Waals surface area (Å²) in [6.07, 6.45) is 1.76. The van der Waals surface area contributed by atoms with E-state index in [4.69, 9.17) is 5.26 Å². The summed E-state index contributed by atoms with van der Waals surface area (Å²) in [4.78, 5) is 0.433. The standard InChI is InChI=1S/C9H8FNS/c1-6-3-7(5-11)9(12-2)8(10)4-6/h3-4H,1-2H3. The third-order valence-electron chi connectivity index (χ3n) is 1.51. The lowest BCUT2D eigenvalue weighted by Crippen LogP contribution is -1.88. The lowest BCUT2D eigenvalue weighted by molar-refractivity contribution is 0.600. The molecule has 0 bridgehead atoms. The van der Waals surface area contributed by atoms with Crippen LogP contribution in [0.2, 0.25) is 0 Å². The third kappa shape index (κ3) is 1.59. The lowest BCUT2D eigenvalue weighted by Gasteiger charge is -2.02. The molecular formula is C9H8FNS. The van der Waals surface area contributed by atoms with Crippen molar-refractivity contribution in [2.75, 3.05) is 6.26 Å². The van der Waals surface area contributed by atoms with E-state index in [1.54, 1.807) is 19.2 Å². The molecule has 0 fully saturated rings. The van der Waals surface area contributed by atoms with Gasteiger partial charge in [-0.2, -0.15) is 5.26 Å². The van der Waals surface area contributed by atoms with Crippen molar-refractivity contribution in [1.82, 2.24) is 0 Å². The van der Waals surface area contributed by atoms with Crippen LogP contribution in [0.5, 0.6) is 0 Å². The van der Waals surface area contributed by atoms with E-state index < -0.39 is 0 Å². The molecule has 0 heterocycles. The summed E-state index contributed by atoms with van der Waals surface area (Å²) in [6, 6.07) is 5.09. The number of benzene rings is 1. The molecule has 0 unspecified atom stereocenters. The number of thioether (sulfide) groups is 1. The Morgan fingerprint density at radius 2 is 2.17 bits per heavy atom. The SMILES string of the molecule is CSc1c(F)cc(C)cc1C#N. The van der Waals surface area contributed by atoms with Gasteiger partial charge in [0.05, 0.1) is 10.5 Å². The molecular weight excluding hydrogens is 173 g/mol. The highest BCUT2D eigenvalue weighted by Crippen LogP contribution is 2.24. The molecule has 0 amide bonds. The van der Waals surface area contributed by atoms with E-state index in [0.717, 1.165) is 5.56 Å². The average Bonchev–Trinajstić information content (AvgIpc) is 2.03. The summed E-state index contributed by atoms with van der Waals surface area (Å²) in [5.74, 6) is -0.306. The molecule has 0 atom stereocenters. The van der Waals surface area contributed by atoms with Gasteiger partial charge in [0, 0.05) is 0 Å². The smallest absolute Gasteiger partial charge is 0.138 e. The molecule has 62 valence electrons. The van der Waals surface area contributed by atoms with Gasteiger partial charge in [-0.05, 0) is 30.9 Å². The first-order chi connectivity index (χ1) is 5.69. The molecule has 0 aliphatic carbocycles. The van der Waals surface area contributed by atoms with Gasteiger partial charge in [0.2, 0.25) is 0 Å². The van der Waals surface area contributed by atoms with Crippen molar-refractivity contribution in [1.29, 1.82) is 5.26 Å². The Bertz CT molecular complexity index is 341. The number of rotatable bonds is 1. The van der Waals surface area contributed by atoms with Crippen molar-refractivity contribution in [3.8, 4) is 6.07 Å². The first-order valence-corrected chi connectivity index (χ1v) is 4.65. The van der Waals surface area contributed by atoms with Crippen molar-refractivity contribution < 1.29 is 4.39 Å². The Labute approximate surface area is 75.2 Å². The minimum atomic E-state index is -0.306. The predicted octanol–water partition coefficient (Wildman–Crippen LogP) is 2.73. The van der Waals surface area contributed by atoms with E-state index >= 15 is 0 Å². The van der Waals surface area contributed by atoms with Gasteiger partial charge >= 0.3 is 0 Å². The highest BCUT2D eigenvalue weighted by atomic mass is 32.2. The van der Waals surface area contributed by atoms with Crippen molar-refractivity contribution in [3.63, 3.8) is 0 Å². The van der Waals surface area contributed by atoms with Gasteiger partial charge in [0.25, 0.3) is 0 Å². The molecule has 1 aromatic carbocycles. The molecule has 0 aliphatic heterocycles. The highest BCUT2D eigenvalue weighted by molar-refractivity contribution is 7.98. The minimum Gasteiger partial charge on any atom is -0.206 e. The molecule has 0 saturated carbocycles. The van der Waals surface area contributed by atoms with Gasteiger partial charge < -0.3 is 0 Å². The summed E-state index contributed by atoms with van der Waals surface area (Å²) >= 11 is 1.26. The van der Waals surface area contributed by atoms with Crippen LogP contribution in [0.25, 0.3) is 0 Å². The molecule has 1 aromatic rings. The van der Waals surface area contributed by atoms with Crippen molar-refractivity contribution >= 4 is 11.8 Å². The first-order valence-electron chi connectivity index (χ1n) is 3.43. The van der Waals surface area contributed by atoms with Gasteiger partial charge in [0.15, 0.2) is 0 Å². The van der Waals surface area contributed by atoms with Crippen LogP contribution in [0.15, 0.2) is 17.0 Å². The second-order valence-electron chi connectivity index (χ2n) is 2.44. The van der Waals surface area contributed by atoms with Crippen LogP contribution < -0.4 is 0 Å². The van der Waals surface area contributed by atoms with Gasteiger partial charge in [-0.15, -0.1) is 11.8 Å². The van der Waals surface area contributed by atoms with Crippen LogP contribution in [0.3, 0.4) is 0 Å². The number of nitrogens with zero attached hydrogens (tertiary/aromatic N) is 1. The lowest BCUT2D eigenvalue weighted by atomic mass is 10.1. The second-order valence-corrected chi connectivity index (χ2v) is 3.26. The summed E-state index contributed by atoms with van der Waals surface area (Å²) < 4.78 is 13.1. The van der Waals surface area contributed by atoms with Crippen LogP contribution in [-0.2, 0) is 0 Å².